The van der Waals surface area contributed by atoms with E-state index in [0.717, 1.165) is 29.2 Å². The van der Waals surface area contributed by atoms with E-state index in [4.69, 9.17) is 0 Å². The smallest absolute Gasteiger partial charge is 0.228 e. The summed E-state index contributed by atoms with van der Waals surface area (Å²) < 4.78 is 14.2. The number of fused-ring (bicyclic) bond motifs is 1. The molecule has 1 saturated heterocycles. The molecule has 7 nitrogen and oxygen atoms in total. The molecular weight excluding hydrogens is 371 g/mol. The molecular formula is C21H21FN6O. The van der Waals surface area contributed by atoms with Gasteiger partial charge in [-0.3, -0.25) is 9.78 Å². The Morgan fingerprint density at radius 1 is 1.14 bits per heavy atom. The van der Waals surface area contributed by atoms with E-state index in [9.17, 15) is 9.18 Å². The summed E-state index contributed by atoms with van der Waals surface area (Å²) in [6, 6.07) is 7.77. The molecule has 0 unspecified atom stereocenters. The number of pyridine rings is 1. The van der Waals surface area contributed by atoms with Crippen molar-refractivity contribution >= 4 is 28.3 Å². The lowest BCUT2D eigenvalue weighted by Gasteiger charge is -2.35. The van der Waals surface area contributed by atoms with Gasteiger partial charge in [-0.2, -0.15) is 0 Å². The molecule has 1 aliphatic heterocycles. The zero-order chi connectivity index (χ0) is 19.8. The molecule has 3 N–H and O–H groups in total. The predicted molar refractivity (Wildman–Crippen MR) is 109 cm³/mol. The first-order valence-electron chi connectivity index (χ1n) is 9.75. The van der Waals surface area contributed by atoms with Gasteiger partial charge in [0.15, 0.2) is 5.67 Å². The lowest BCUT2D eigenvalue weighted by molar-refractivity contribution is -0.117. The van der Waals surface area contributed by atoms with Gasteiger partial charge in [-0.05, 0) is 30.4 Å². The third-order valence-electron chi connectivity index (χ3n) is 5.32. The summed E-state index contributed by atoms with van der Waals surface area (Å²) >= 11 is 0. The number of hydrogen-bond donors (Lipinski definition) is 3. The predicted octanol–water partition coefficient (Wildman–Crippen LogP) is 2.76. The van der Waals surface area contributed by atoms with Crippen LogP contribution in [0.2, 0.25) is 0 Å². The Balaban J connectivity index is 1.37. The number of benzene rings is 1. The van der Waals surface area contributed by atoms with Gasteiger partial charge >= 0.3 is 0 Å². The van der Waals surface area contributed by atoms with Crippen molar-refractivity contribution in [3.8, 4) is 11.3 Å². The van der Waals surface area contributed by atoms with Gasteiger partial charge in [-0.1, -0.05) is 12.1 Å². The molecule has 3 heterocycles. The van der Waals surface area contributed by atoms with E-state index in [2.05, 4.69) is 30.9 Å². The number of rotatable bonds is 6. The van der Waals surface area contributed by atoms with Crippen LogP contribution in [0.25, 0.3) is 22.0 Å². The summed E-state index contributed by atoms with van der Waals surface area (Å²) in [4.78, 5) is 25.1. The molecule has 148 valence electrons. The van der Waals surface area contributed by atoms with Gasteiger partial charge in [0.1, 0.15) is 11.6 Å². The maximum absolute atomic E-state index is 14.2. The number of amides is 1. The minimum Gasteiger partial charge on any atom is -0.365 e. The lowest BCUT2D eigenvalue weighted by atomic mass is 10.00. The highest BCUT2D eigenvalue weighted by Gasteiger charge is 2.36. The zero-order valence-corrected chi connectivity index (χ0v) is 15.8. The average Bonchev–Trinajstić information content (AvgIpc) is 3.56. The number of alkyl halides is 1. The van der Waals surface area contributed by atoms with Crippen LogP contribution in [0.5, 0.6) is 0 Å². The lowest BCUT2D eigenvalue weighted by Crippen LogP contribution is -2.59. The largest absolute Gasteiger partial charge is 0.365 e. The molecule has 2 fully saturated rings. The number of hydrogen-bond acceptors (Lipinski definition) is 6. The second kappa shape index (κ2) is 7.04. The van der Waals surface area contributed by atoms with Gasteiger partial charge in [0, 0.05) is 36.2 Å². The zero-order valence-electron chi connectivity index (χ0n) is 15.8. The van der Waals surface area contributed by atoms with Crippen molar-refractivity contribution in [2.45, 2.75) is 18.5 Å². The van der Waals surface area contributed by atoms with Gasteiger partial charge < -0.3 is 16.0 Å². The second-order valence-electron chi connectivity index (χ2n) is 7.79. The molecule has 0 bridgehead atoms. The van der Waals surface area contributed by atoms with Gasteiger partial charge in [0.25, 0.3) is 0 Å². The van der Waals surface area contributed by atoms with Crippen molar-refractivity contribution in [3.63, 3.8) is 0 Å². The van der Waals surface area contributed by atoms with E-state index in [-0.39, 0.29) is 18.4 Å². The van der Waals surface area contributed by atoms with E-state index in [0.29, 0.717) is 30.4 Å². The van der Waals surface area contributed by atoms with Crippen molar-refractivity contribution in [3.05, 3.63) is 42.9 Å². The number of carbonyl (C=O) groups is 1. The van der Waals surface area contributed by atoms with Crippen LogP contribution in [0.4, 0.5) is 16.0 Å². The first kappa shape index (κ1) is 17.9. The Hall–Kier alpha value is -3.13. The van der Waals surface area contributed by atoms with Gasteiger partial charge in [-0.25, -0.2) is 14.4 Å². The van der Waals surface area contributed by atoms with Gasteiger partial charge in [0.2, 0.25) is 5.91 Å². The summed E-state index contributed by atoms with van der Waals surface area (Å²) in [5, 5.41) is 10.8. The average molecular weight is 392 g/mol. The first-order chi connectivity index (χ1) is 14.1. The molecule has 1 aromatic carbocycles. The monoisotopic (exact) mass is 392 g/mol. The number of nitrogens with one attached hydrogen (secondary N) is 3. The van der Waals surface area contributed by atoms with Gasteiger partial charge in [0.05, 0.1) is 24.6 Å². The summed E-state index contributed by atoms with van der Waals surface area (Å²) in [6.07, 6.45) is 6.92. The molecule has 2 aromatic heterocycles. The highest BCUT2D eigenvalue weighted by atomic mass is 19.1. The Labute approximate surface area is 167 Å². The molecule has 29 heavy (non-hydrogen) atoms. The Morgan fingerprint density at radius 3 is 2.76 bits per heavy atom. The maximum Gasteiger partial charge on any atom is 0.228 e. The summed E-state index contributed by atoms with van der Waals surface area (Å²) in [7, 11) is 0. The SMILES string of the molecule is O=C(Nc1cc2cc(-c3cncc(NCC4(F)CNC4)n3)ccc2cn1)C1CC1. The fraction of sp³-hybridized carbons (Fsp3) is 0.333. The Bertz CT molecular complexity index is 1080. The summed E-state index contributed by atoms with van der Waals surface area (Å²) in [5.74, 6) is 1.25. The quantitative estimate of drug-likeness (QED) is 0.598. The van der Waals surface area contributed by atoms with Crippen molar-refractivity contribution < 1.29 is 9.18 Å². The minimum atomic E-state index is -1.23. The normalized spacial score (nSPS) is 17.6. The van der Waals surface area contributed by atoms with E-state index >= 15 is 0 Å². The Kier molecular flexibility index (Phi) is 4.35. The Morgan fingerprint density at radius 2 is 2.00 bits per heavy atom. The van der Waals surface area contributed by atoms with Crippen LogP contribution in [-0.4, -0.2) is 46.2 Å². The number of nitrogens with zero attached hydrogens (tertiary/aromatic N) is 3. The number of carbonyl (C=O) groups excluding carboxylic acids is 1. The topological polar surface area (TPSA) is 91.8 Å². The molecule has 2 aliphatic rings. The molecule has 1 amide bonds. The van der Waals surface area contributed by atoms with Crippen LogP contribution in [0.1, 0.15) is 12.8 Å². The molecule has 5 rings (SSSR count). The molecule has 0 spiro atoms. The third-order valence-corrected chi connectivity index (χ3v) is 5.32. The maximum atomic E-state index is 14.2. The fourth-order valence-corrected chi connectivity index (χ4v) is 3.30. The van der Waals surface area contributed by atoms with Crippen LogP contribution in [0.15, 0.2) is 42.9 Å². The van der Waals surface area contributed by atoms with Crippen LogP contribution in [0.3, 0.4) is 0 Å². The van der Waals surface area contributed by atoms with Crippen molar-refractivity contribution in [1.29, 1.82) is 0 Å². The fourth-order valence-electron chi connectivity index (χ4n) is 3.30. The number of anilines is 2. The molecule has 1 saturated carbocycles. The minimum absolute atomic E-state index is 0.0324. The number of aromatic nitrogens is 3. The van der Waals surface area contributed by atoms with E-state index in [1.807, 2.05) is 24.3 Å². The second-order valence-corrected chi connectivity index (χ2v) is 7.79. The molecule has 1 aliphatic carbocycles. The van der Waals surface area contributed by atoms with Crippen LogP contribution in [-0.2, 0) is 4.79 Å². The van der Waals surface area contributed by atoms with Crippen molar-refractivity contribution in [2.75, 3.05) is 30.3 Å². The molecule has 0 atom stereocenters. The molecule has 3 aromatic rings. The standard InChI is InChI=1S/C21H21FN6O/c22-21(10-24-11-21)12-26-19-9-23-8-17(27-19)14-3-4-15-7-25-18(6-16(15)5-14)28-20(29)13-1-2-13/h3-9,13,24H,1-2,10-12H2,(H,26,27)(H,25,28,29). The van der Waals surface area contributed by atoms with Gasteiger partial charge in [-0.15, -0.1) is 0 Å². The van der Waals surface area contributed by atoms with E-state index < -0.39 is 5.67 Å². The molecule has 0 radical (unpaired) electrons. The number of halogens is 1. The van der Waals surface area contributed by atoms with Crippen LogP contribution in [0, 0.1) is 5.92 Å². The van der Waals surface area contributed by atoms with Crippen LogP contribution >= 0.6 is 0 Å². The summed E-state index contributed by atoms with van der Waals surface area (Å²) in [5.41, 5.74) is 0.353. The summed E-state index contributed by atoms with van der Waals surface area (Å²) in [6.45, 7) is 0.905. The first-order valence-corrected chi connectivity index (χ1v) is 9.75. The molecule has 8 heteroatoms. The highest BCUT2D eigenvalue weighted by molar-refractivity contribution is 5.95. The van der Waals surface area contributed by atoms with Crippen molar-refractivity contribution in [1.82, 2.24) is 20.3 Å². The van der Waals surface area contributed by atoms with Crippen LogP contribution < -0.4 is 16.0 Å². The van der Waals surface area contributed by atoms with E-state index in [1.165, 1.54) is 0 Å². The highest BCUT2D eigenvalue weighted by Crippen LogP contribution is 2.30. The van der Waals surface area contributed by atoms with E-state index in [1.54, 1.807) is 18.6 Å². The third kappa shape index (κ3) is 3.88. The van der Waals surface area contributed by atoms with Crippen molar-refractivity contribution in [2.24, 2.45) is 5.92 Å².